The zero-order chi connectivity index (χ0) is 8.43. The average molecular weight is 158 g/mol. The standard InChI is InChI=1S/C6H10N2O3/c1-4(9)8-3-5(10)7-2-6(8)11/h4,9H,2-3H2,1H3,(H,7,10). The van der Waals surface area contributed by atoms with E-state index in [-0.39, 0.29) is 24.9 Å². The molecule has 1 aliphatic heterocycles. The van der Waals surface area contributed by atoms with E-state index in [9.17, 15) is 9.59 Å². The molecule has 0 aromatic carbocycles. The summed E-state index contributed by atoms with van der Waals surface area (Å²) in [5, 5.41) is 11.4. The molecule has 0 saturated carbocycles. The van der Waals surface area contributed by atoms with Gasteiger partial charge in [0.1, 0.15) is 12.8 Å². The van der Waals surface area contributed by atoms with E-state index in [0.717, 1.165) is 4.90 Å². The van der Waals surface area contributed by atoms with Gasteiger partial charge in [-0.1, -0.05) is 0 Å². The van der Waals surface area contributed by atoms with Crippen molar-refractivity contribution in [1.29, 1.82) is 0 Å². The maximum Gasteiger partial charge on any atom is 0.244 e. The summed E-state index contributed by atoms with van der Waals surface area (Å²) in [5.41, 5.74) is 0. The number of aliphatic hydroxyl groups is 1. The third-order valence-electron chi connectivity index (χ3n) is 1.52. The quantitative estimate of drug-likeness (QED) is 0.477. The van der Waals surface area contributed by atoms with E-state index >= 15 is 0 Å². The Kier molecular flexibility index (Phi) is 2.09. The Balaban J connectivity index is 2.61. The highest BCUT2D eigenvalue weighted by Gasteiger charge is 2.25. The van der Waals surface area contributed by atoms with Crippen molar-refractivity contribution in [1.82, 2.24) is 10.2 Å². The van der Waals surface area contributed by atoms with Gasteiger partial charge in [0.25, 0.3) is 0 Å². The summed E-state index contributed by atoms with van der Waals surface area (Å²) in [6.45, 7) is 1.40. The zero-order valence-corrected chi connectivity index (χ0v) is 6.20. The molecule has 0 aromatic heterocycles. The van der Waals surface area contributed by atoms with Crippen LogP contribution in [-0.2, 0) is 9.59 Å². The van der Waals surface area contributed by atoms with Gasteiger partial charge in [-0.2, -0.15) is 0 Å². The summed E-state index contributed by atoms with van der Waals surface area (Å²) in [5.74, 6) is -0.481. The molecule has 2 N–H and O–H groups in total. The number of amides is 2. The first-order valence-electron chi connectivity index (χ1n) is 3.35. The lowest BCUT2D eigenvalue weighted by Crippen LogP contribution is -2.54. The number of carbonyl (C=O) groups is 2. The van der Waals surface area contributed by atoms with Crippen LogP contribution in [0.4, 0.5) is 0 Å². The molecule has 1 atom stereocenters. The maximum absolute atomic E-state index is 10.9. The molecule has 0 aliphatic carbocycles. The van der Waals surface area contributed by atoms with Gasteiger partial charge in [-0.25, -0.2) is 0 Å². The Morgan fingerprint density at radius 1 is 1.64 bits per heavy atom. The van der Waals surface area contributed by atoms with Crippen molar-refractivity contribution >= 4 is 11.8 Å². The fraction of sp³-hybridized carbons (Fsp3) is 0.667. The van der Waals surface area contributed by atoms with Gasteiger partial charge in [-0.15, -0.1) is 0 Å². The van der Waals surface area contributed by atoms with E-state index < -0.39 is 6.23 Å². The Labute approximate surface area is 64.0 Å². The van der Waals surface area contributed by atoms with Gasteiger partial charge in [-0.3, -0.25) is 9.59 Å². The monoisotopic (exact) mass is 158 g/mol. The van der Waals surface area contributed by atoms with E-state index in [1.54, 1.807) is 0 Å². The van der Waals surface area contributed by atoms with Crippen LogP contribution in [0.5, 0.6) is 0 Å². The van der Waals surface area contributed by atoms with Crippen molar-refractivity contribution in [2.45, 2.75) is 13.2 Å². The molecule has 62 valence electrons. The molecule has 5 heteroatoms. The van der Waals surface area contributed by atoms with Crippen LogP contribution in [0.1, 0.15) is 6.92 Å². The van der Waals surface area contributed by atoms with Crippen LogP contribution in [0.2, 0.25) is 0 Å². The van der Waals surface area contributed by atoms with Gasteiger partial charge < -0.3 is 15.3 Å². The zero-order valence-electron chi connectivity index (χ0n) is 6.20. The van der Waals surface area contributed by atoms with Crippen molar-refractivity contribution in [3.63, 3.8) is 0 Å². The minimum Gasteiger partial charge on any atom is -0.374 e. The lowest BCUT2D eigenvalue weighted by atomic mass is 10.3. The molecule has 2 amide bonds. The lowest BCUT2D eigenvalue weighted by Gasteiger charge is -2.28. The van der Waals surface area contributed by atoms with Gasteiger partial charge >= 0.3 is 0 Å². The van der Waals surface area contributed by atoms with Gasteiger partial charge in [0.2, 0.25) is 11.8 Å². The van der Waals surface area contributed by atoms with E-state index in [0.29, 0.717) is 0 Å². The van der Waals surface area contributed by atoms with Crippen molar-refractivity contribution in [3.8, 4) is 0 Å². The second kappa shape index (κ2) is 2.87. The van der Waals surface area contributed by atoms with Crippen molar-refractivity contribution in [2.75, 3.05) is 13.1 Å². The van der Waals surface area contributed by atoms with E-state index in [1.807, 2.05) is 0 Å². The highest BCUT2D eigenvalue weighted by atomic mass is 16.3. The highest BCUT2D eigenvalue weighted by molar-refractivity contribution is 5.92. The summed E-state index contributed by atoms with van der Waals surface area (Å²) in [6, 6.07) is 0. The van der Waals surface area contributed by atoms with Crippen molar-refractivity contribution < 1.29 is 14.7 Å². The fourth-order valence-electron chi connectivity index (χ4n) is 0.915. The van der Waals surface area contributed by atoms with Crippen molar-refractivity contribution in [3.05, 3.63) is 0 Å². The number of nitrogens with zero attached hydrogens (tertiary/aromatic N) is 1. The molecule has 0 spiro atoms. The summed E-state index contributed by atoms with van der Waals surface area (Å²) in [7, 11) is 0. The van der Waals surface area contributed by atoms with Crippen LogP contribution in [0.15, 0.2) is 0 Å². The maximum atomic E-state index is 10.9. The van der Waals surface area contributed by atoms with Crippen LogP contribution in [-0.4, -0.2) is 41.1 Å². The highest BCUT2D eigenvalue weighted by Crippen LogP contribution is 1.99. The van der Waals surface area contributed by atoms with E-state index in [4.69, 9.17) is 5.11 Å². The van der Waals surface area contributed by atoms with Gasteiger partial charge in [0.05, 0.1) is 6.54 Å². The lowest BCUT2D eigenvalue weighted by molar-refractivity contribution is -0.149. The molecule has 0 bridgehead atoms. The van der Waals surface area contributed by atoms with Crippen LogP contribution in [0.3, 0.4) is 0 Å². The largest absolute Gasteiger partial charge is 0.374 e. The number of hydrogen-bond acceptors (Lipinski definition) is 3. The number of carbonyl (C=O) groups excluding carboxylic acids is 2. The summed E-state index contributed by atoms with van der Waals surface area (Å²) in [6.07, 6.45) is -0.881. The van der Waals surface area contributed by atoms with Crippen molar-refractivity contribution in [2.24, 2.45) is 0 Å². The Bertz CT molecular complexity index is 190. The summed E-state index contributed by atoms with van der Waals surface area (Å²) in [4.78, 5) is 22.8. The SMILES string of the molecule is CC(O)N1CC(=O)NCC1=O. The Morgan fingerprint density at radius 2 is 2.27 bits per heavy atom. The molecule has 0 aromatic rings. The molecule has 1 heterocycles. The molecular formula is C6H10N2O3. The number of aliphatic hydroxyl groups excluding tert-OH is 1. The number of piperazine rings is 1. The molecular weight excluding hydrogens is 148 g/mol. The van der Waals surface area contributed by atoms with Crippen LogP contribution >= 0.6 is 0 Å². The van der Waals surface area contributed by atoms with Crippen LogP contribution in [0.25, 0.3) is 0 Å². The number of nitrogens with one attached hydrogen (secondary N) is 1. The molecule has 1 rings (SSSR count). The van der Waals surface area contributed by atoms with Gasteiger partial charge in [-0.05, 0) is 6.92 Å². The summed E-state index contributed by atoms with van der Waals surface area (Å²) >= 11 is 0. The third-order valence-corrected chi connectivity index (χ3v) is 1.52. The predicted molar refractivity (Wildman–Crippen MR) is 36.4 cm³/mol. The Hall–Kier alpha value is -1.10. The second-order valence-electron chi connectivity index (χ2n) is 2.43. The molecule has 0 radical (unpaired) electrons. The number of rotatable bonds is 1. The molecule has 1 unspecified atom stereocenters. The normalized spacial score (nSPS) is 21.5. The van der Waals surface area contributed by atoms with Crippen LogP contribution in [0, 0.1) is 0 Å². The predicted octanol–water partition coefficient (Wildman–Crippen LogP) is -1.72. The second-order valence-corrected chi connectivity index (χ2v) is 2.43. The third kappa shape index (κ3) is 1.68. The summed E-state index contributed by atoms with van der Waals surface area (Å²) < 4.78 is 0. The van der Waals surface area contributed by atoms with Gasteiger partial charge in [0.15, 0.2) is 0 Å². The molecule has 1 aliphatic rings. The smallest absolute Gasteiger partial charge is 0.244 e. The molecule has 1 saturated heterocycles. The first-order chi connectivity index (χ1) is 5.11. The Morgan fingerprint density at radius 3 is 2.73 bits per heavy atom. The number of hydrogen-bond donors (Lipinski definition) is 2. The van der Waals surface area contributed by atoms with Gasteiger partial charge in [0, 0.05) is 0 Å². The average Bonchev–Trinajstić information content (AvgIpc) is 1.94. The topological polar surface area (TPSA) is 69.6 Å². The van der Waals surface area contributed by atoms with E-state index in [2.05, 4.69) is 5.32 Å². The van der Waals surface area contributed by atoms with E-state index in [1.165, 1.54) is 6.92 Å². The minimum atomic E-state index is -0.881. The molecule has 11 heavy (non-hydrogen) atoms. The first kappa shape index (κ1) is 8.00. The first-order valence-corrected chi connectivity index (χ1v) is 3.35. The fourth-order valence-corrected chi connectivity index (χ4v) is 0.915. The molecule has 5 nitrogen and oxygen atoms in total. The minimum absolute atomic E-state index is 0.0102. The van der Waals surface area contributed by atoms with Crippen LogP contribution < -0.4 is 5.32 Å². The molecule has 1 fully saturated rings.